The van der Waals surface area contributed by atoms with Gasteiger partial charge in [0.05, 0.1) is 20.0 Å². The Labute approximate surface area is 153 Å². The highest BCUT2D eigenvalue weighted by Crippen LogP contribution is 2.39. The van der Waals surface area contributed by atoms with Crippen molar-refractivity contribution in [3.05, 3.63) is 21.1 Å². The van der Waals surface area contributed by atoms with Gasteiger partial charge in [0.1, 0.15) is 0 Å². The highest BCUT2D eigenvalue weighted by atomic mass is 35.5. The first-order valence-corrected chi connectivity index (χ1v) is 10.2. The van der Waals surface area contributed by atoms with E-state index in [9.17, 15) is 8.42 Å². The molecule has 8 heteroatoms. The second-order valence-electron chi connectivity index (χ2n) is 4.94. The van der Waals surface area contributed by atoms with Gasteiger partial charge < -0.3 is 0 Å². The Morgan fingerprint density at radius 1 is 1.05 bits per heavy atom. The van der Waals surface area contributed by atoms with Gasteiger partial charge in [0, 0.05) is 18.0 Å². The lowest BCUT2D eigenvalue weighted by Crippen LogP contribution is -2.33. The Balaban J connectivity index is 3.30. The van der Waals surface area contributed by atoms with Gasteiger partial charge in [-0.25, -0.2) is 8.42 Å². The first kappa shape index (κ1) is 20.4. The molecule has 0 saturated carbocycles. The van der Waals surface area contributed by atoms with E-state index in [1.807, 2.05) is 13.8 Å². The molecule has 0 heterocycles. The first-order valence-electron chi connectivity index (χ1n) is 7.13. The van der Waals surface area contributed by atoms with Crippen molar-refractivity contribution in [2.24, 2.45) is 0 Å². The van der Waals surface area contributed by atoms with E-state index in [0.717, 1.165) is 25.7 Å². The average molecular weight is 405 g/mol. The Morgan fingerprint density at radius 3 is 2.00 bits per heavy atom. The summed E-state index contributed by atoms with van der Waals surface area (Å²) in [6.45, 7) is 4.96. The monoisotopic (exact) mass is 403 g/mol. The Morgan fingerprint density at radius 2 is 1.55 bits per heavy atom. The molecule has 0 bridgehead atoms. The number of unbranched alkanes of at least 4 members (excludes halogenated alkanes) is 2. The van der Waals surface area contributed by atoms with Crippen molar-refractivity contribution in [2.75, 3.05) is 13.1 Å². The molecule has 0 atom stereocenters. The number of thiol groups is 1. The molecule has 0 aromatic heterocycles. The zero-order valence-electron chi connectivity index (χ0n) is 12.6. The van der Waals surface area contributed by atoms with Gasteiger partial charge in [0.15, 0.2) is 0 Å². The van der Waals surface area contributed by atoms with Crippen molar-refractivity contribution in [3.63, 3.8) is 0 Å². The molecule has 1 rings (SSSR count). The summed E-state index contributed by atoms with van der Waals surface area (Å²) < 4.78 is 27.3. The molecule has 0 amide bonds. The summed E-state index contributed by atoms with van der Waals surface area (Å²) in [5, 5.41) is 0.275. The second kappa shape index (κ2) is 9.00. The number of hydrogen-bond acceptors (Lipinski definition) is 3. The zero-order valence-corrected chi connectivity index (χ0v) is 16.6. The highest BCUT2D eigenvalue weighted by molar-refractivity contribution is 7.90. The molecule has 0 aliphatic carbocycles. The predicted molar refractivity (Wildman–Crippen MR) is 97.3 cm³/mol. The number of hydrogen-bond donors (Lipinski definition) is 1. The Kier molecular flexibility index (Phi) is 8.34. The fourth-order valence-corrected chi connectivity index (χ4v) is 4.86. The summed E-state index contributed by atoms with van der Waals surface area (Å²) in [7, 11) is -3.71. The summed E-state index contributed by atoms with van der Waals surface area (Å²) in [5.41, 5.74) is 0. The molecule has 0 N–H and O–H groups in total. The third-order valence-electron chi connectivity index (χ3n) is 3.24. The van der Waals surface area contributed by atoms with Gasteiger partial charge in [-0.1, -0.05) is 61.5 Å². The minimum Gasteiger partial charge on any atom is -0.207 e. The maximum absolute atomic E-state index is 12.9. The fraction of sp³-hybridized carbons (Fsp3) is 0.571. The van der Waals surface area contributed by atoms with Gasteiger partial charge >= 0.3 is 0 Å². The van der Waals surface area contributed by atoms with E-state index >= 15 is 0 Å². The molecular weight excluding hydrogens is 385 g/mol. The second-order valence-corrected chi connectivity index (χ2v) is 8.46. The summed E-state index contributed by atoms with van der Waals surface area (Å²) in [4.78, 5) is 0.136. The maximum atomic E-state index is 12.9. The summed E-state index contributed by atoms with van der Waals surface area (Å²) in [5.74, 6) is 0. The number of nitrogens with zero attached hydrogens (tertiary/aromatic N) is 1. The van der Waals surface area contributed by atoms with Crippen LogP contribution in [0.3, 0.4) is 0 Å². The van der Waals surface area contributed by atoms with Crippen LogP contribution in [0.15, 0.2) is 15.9 Å². The molecule has 0 unspecified atom stereocenters. The molecule has 126 valence electrons. The standard InChI is InChI=1S/C14H20Cl3NO2S2/c1-3-5-7-18(8-6-4-2)22(19,20)11-9-10(15)12(16)13(17)14(11)21/h9,21H,3-8H2,1-2H3. The summed E-state index contributed by atoms with van der Waals surface area (Å²) >= 11 is 22.2. The Hall–Kier alpha value is 0.350. The van der Waals surface area contributed by atoms with Crippen molar-refractivity contribution in [3.8, 4) is 0 Å². The van der Waals surface area contributed by atoms with Crippen molar-refractivity contribution >= 4 is 57.5 Å². The maximum Gasteiger partial charge on any atom is 0.244 e. The largest absolute Gasteiger partial charge is 0.244 e. The van der Waals surface area contributed by atoms with Crippen LogP contribution in [0.4, 0.5) is 0 Å². The topological polar surface area (TPSA) is 37.4 Å². The van der Waals surface area contributed by atoms with Crippen molar-refractivity contribution < 1.29 is 8.42 Å². The first-order chi connectivity index (χ1) is 10.3. The minimum absolute atomic E-state index is 0.00226. The molecular formula is C14H20Cl3NO2S2. The molecule has 1 aromatic carbocycles. The summed E-state index contributed by atoms with van der Waals surface area (Å²) in [6, 6.07) is 1.32. The molecule has 0 spiro atoms. The molecule has 0 radical (unpaired) electrons. The van der Waals surface area contributed by atoms with Gasteiger partial charge in [-0.15, -0.1) is 12.6 Å². The van der Waals surface area contributed by atoms with Crippen LogP contribution in [0, 0.1) is 0 Å². The number of benzene rings is 1. The minimum atomic E-state index is -3.71. The third kappa shape index (κ3) is 4.68. The van der Waals surface area contributed by atoms with Crippen LogP contribution in [-0.4, -0.2) is 25.8 Å². The van der Waals surface area contributed by atoms with Gasteiger partial charge in [-0.2, -0.15) is 4.31 Å². The summed E-state index contributed by atoms with van der Waals surface area (Å²) in [6.07, 6.45) is 3.40. The van der Waals surface area contributed by atoms with Crippen molar-refractivity contribution in [1.82, 2.24) is 4.31 Å². The van der Waals surface area contributed by atoms with Crippen molar-refractivity contribution in [1.29, 1.82) is 0 Å². The highest BCUT2D eigenvalue weighted by Gasteiger charge is 2.28. The van der Waals surface area contributed by atoms with Crippen molar-refractivity contribution in [2.45, 2.75) is 49.3 Å². The van der Waals surface area contributed by atoms with Crippen LogP contribution in [0.5, 0.6) is 0 Å². The number of halogens is 3. The van der Waals surface area contributed by atoms with Gasteiger partial charge in [-0.3, -0.25) is 0 Å². The zero-order chi connectivity index (χ0) is 16.9. The number of rotatable bonds is 8. The molecule has 0 aliphatic heterocycles. The van der Waals surface area contributed by atoms with E-state index in [2.05, 4.69) is 12.6 Å². The van der Waals surface area contributed by atoms with E-state index in [4.69, 9.17) is 34.8 Å². The SMILES string of the molecule is CCCCN(CCCC)S(=O)(=O)c1cc(Cl)c(Cl)c(Cl)c1S. The van der Waals surface area contributed by atoms with E-state index in [-0.39, 0.29) is 24.9 Å². The lowest BCUT2D eigenvalue weighted by atomic mass is 10.3. The van der Waals surface area contributed by atoms with Crippen LogP contribution < -0.4 is 0 Å². The molecule has 0 saturated heterocycles. The van der Waals surface area contributed by atoms with E-state index in [0.29, 0.717) is 13.1 Å². The molecule has 0 fully saturated rings. The molecule has 22 heavy (non-hydrogen) atoms. The molecule has 3 nitrogen and oxygen atoms in total. The lowest BCUT2D eigenvalue weighted by molar-refractivity contribution is 0.394. The van der Waals surface area contributed by atoms with Gasteiger partial charge in [0.25, 0.3) is 0 Å². The Bertz CT molecular complexity index is 613. The fourth-order valence-electron chi connectivity index (χ4n) is 1.92. The van der Waals surface area contributed by atoms with Crippen LogP contribution in [0.2, 0.25) is 15.1 Å². The normalized spacial score (nSPS) is 12.1. The van der Waals surface area contributed by atoms with Crippen LogP contribution in [0.1, 0.15) is 39.5 Å². The quantitative estimate of drug-likeness (QED) is 0.457. The van der Waals surface area contributed by atoms with Gasteiger partial charge in [0.2, 0.25) is 10.0 Å². The van der Waals surface area contributed by atoms with Crippen LogP contribution in [0.25, 0.3) is 0 Å². The predicted octanol–water partition coefficient (Wildman–Crippen LogP) is 5.53. The van der Waals surface area contributed by atoms with E-state index < -0.39 is 10.0 Å². The smallest absolute Gasteiger partial charge is 0.207 e. The average Bonchev–Trinajstić information content (AvgIpc) is 2.48. The van der Waals surface area contributed by atoms with E-state index in [1.165, 1.54) is 10.4 Å². The lowest BCUT2D eigenvalue weighted by Gasteiger charge is -2.23. The van der Waals surface area contributed by atoms with Crippen LogP contribution >= 0.6 is 47.4 Å². The van der Waals surface area contributed by atoms with Gasteiger partial charge in [-0.05, 0) is 18.9 Å². The molecule has 1 aromatic rings. The molecule has 0 aliphatic rings. The third-order valence-corrected chi connectivity index (χ3v) is 7.17. The number of sulfonamides is 1. The van der Waals surface area contributed by atoms with Crippen LogP contribution in [-0.2, 0) is 10.0 Å². The van der Waals surface area contributed by atoms with E-state index in [1.54, 1.807) is 0 Å².